The van der Waals surface area contributed by atoms with Crippen LogP contribution < -0.4 is 5.73 Å². The lowest BCUT2D eigenvalue weighted by atomic mass is 9.87. The van der Waals surface area contributed by atoms with Crippen LogP contribution in [0.3, 0.4) is 0 Å². The van der Waals surface area contributed by atoms with Crippen LogP contribution in [-0.2, 0) is 5.41 Å². The van der Waals surface area contributed by atoms with Crippen molar-refractivity contribution in [1.29, 1.82) is 0 Å². The van der Waals surface area contributed by atoms with Gasteiger partial charge >= 0.3 is 0 Å². The summed E-state index contributed by atoms with van der Waals surface area (Å²) in [6, 6.07) is 10.4. The molecule has 1 aromatic carbocycles. The number of hydrogen-bond acceptors (Lipinski definition) is 4. The molecule has 0 amide bonds. The molecule has 0 aliphatic heterocycles. The highest BCUT2D eigenvalue weighted by Crippen LogP contribution is 2.29. The molecule has 0 radical (unpaired) electrons. The number of benzene rings is 1. The maximum Gasteiger partial charge on any atom is 0.128 e. The van der Waals surface area contributed by atoms with Crippen LogP contribution in [0.5, 0.6) is 0 Å². The van der Waals surface area contributed by atoms with Crippen molar-refractivity contribution in [1.82, 2.24) is 9.97 Å². The standard InChI is InChI=1S/C15H19N3S/c1-10-17-13(16)9-14(18-10)19-12-7-5-11(6-8-12)15(2,3)4/h5-9H,1-4H3,(H2,16,17,18). The van der Waals surface area contributed by atoms with E-state index in [1.165, 1.54) is 5.56 Å². The monoisotopic (exact) mass is 273 g/mol. The summed E-state index contributed by atoms with van der Waals surface area (Å²) in [7, 11) is 0. The minimum absolute atomic E-state index is 0.180. The lowest BCUT2D eigenvalue weighted by Crippen LogP contribution is -2.10. The van der Waals surface area contributed by atoms with Gasteiger partial charge in [0.25, 0.3) is 0 Å². The van der Waals surface area contributed by atoms with E-state index in [-0.39, 0.29) is 5.41 Å². The first-order chi connectivity index (χ1) is 8.84. The van der Waals surface area contributed by atoms with Gasteiger partial charge in [-0.25, -0.2) is 9.97 Å². The molecule has 2 rings (SSSR count). The van der Waals surface area contributed by atoms with E-state index in [2.05, 4.69) is 55.0 Å². The molecule has 0 atom stereocenters. The van der Waals surface area contributed by atoms with Gasteiger partial charge in [-0.1, -0.05) is 44.7 Å². The molecular formula is C15H19N3S. The molecule has 2 N–H and O–H groups in total. The maximum absolute atomic E-state index is 5.73. The Balaban J connectivity index is 2.20. The maximum atomic E-state index is 5.73. The summed E-state index contributed by atoms with van der Waals surface area (Å²) in [5.41, 5.74) is 7.24. The van der Waals surface area contributed by atoms with Gasteiger partial charge in [-0.05, 0) is 30.0 Å². The lowest BCUT2D eigenvalue weighted by Gasteiger charge is -2.19. The van der Waals surface area contributed by atoms with E-state index in [1.54, 1.807) is 17.8 Å². The topological polar surface area (TPSA) is 51.8 Å². The van der Waals surface area contributed by atoms with E-state index in [0.717, 1.165) is 9.92 Å². The number of nitrogen functional groups attached to an aromatic ring is 1. The first-order valence-corrected chi connectivity index (χ1v) is 7.06. The van der Waals surface area contributed by atoms with Crippen molar-refractivity contribution < 1.29 is 0 Å². The lowest BCUT2D eigenvalue weighted by molar-refractivity contribution is 0.590. The first-order valence-electron chi connectivity index (χ1n) is 6.24. The molecule has 0 fully saturated rings. The Labute approximate surface area is 118 Å². The van der Waals surface area contributed by atoms with Crippen molar-refractivity contribution in [3.8, 4) is 0 Å². The Morgan fingerprint density at radius 1 is 1.05 bits per heavy atom. The van der Waals surface area contributed by atoms with Crippen molar-refractivity contribution in [3.05, 3.63) is 41.7 Å². The SMILES string of the molecule is Cc1nc(N)cc(Sc2ccc(C(C)(C)C)cc2)n1. The summed E-state index contributed by atoms with van der Waals surface area (Å²) in [4.78, 5) is 9.61. The number of aryl methyl sites for hydroxylation is 1. The summed E-state index contributed by atoms with van der Waals surface area (Å²) >= 11 is 1.60. The van der Waals surface area contributed by atoms with Crippen LogP contribution in [0.15, 0.2) is 40.3 Å². The normalized spacial score (nSPS) is 11.6. The molecule has 0 aliphatic rings. The molecule has 2 aromatic rings. The molecule has 100 valence electrons. The summed E-state index contributed by atoms with van der Waals surface area (Å²) in [5, 5.41) is 0.883. The number of nitrogens with zero attached hydrogens (tertiary/aromatic N) is 2. The fourth-order valence-electron chi connectivity index (χ4n) is 1.76. The van der Waals surface area contributed by atoms with Crippen LogP contribution in [0.2, 0.25) is 0 Å². The van der Waals surface area contributed by atoms with Crippen molar-refractivity contribution >= 4 is 17.6 Å². The second kappa shape index (κ2) is 5.21. The van der Waals surface area contributed by atoms with E-state index in [0.29, 0.717) is 11.6 Å². The van der Waals surface area contributed by atoms with Crippen molar-refractivity contribution in [3.63, 3.8) is 0 Å². The molecule has 0 aliphatic carbocycles. The Bertz CT molecular complexity index is 551. The van der Waals surface area contributed by atoms with Crippen molar-refractivity contribution in [2.75, 3.05) is 5.73 Å². The Hall–Kier alpha value is -1.55. The molecule has 0 bridgehead atoms. The zero-order chi connectivity index (χ0) is 14.0. The molecule has 19 heavy (non-hydrogen) atoms. The average Bonchev–Trinajstić information content (AvgIpc) is 2.26. The van der Waals surface area contributed by atoms with Crippen LogP contribution in [-0.4, -0.2) is 9.97 Å². The molecule has 0 saturated heterocycles. The molecule has 1 aromatic heterocycles. The van der Waals surface area contributed by atoms with Gasteiger partial charge in [-0.3, -0.25) is 0 Å². The minimum atomic E-state index is 0.180. The Kier molecular flexibility index (Phi) is 3.80. The van der Waals surface area contributed by atoms with E-state index in [1.807, 2.05) is 6.92 Å². The highest BCUT2D eigenvalue weighted by Gasteiger charge is 2.13. The van der Waals surface area contributed by atoms with Gasteiger partial charge in [-0.15, -0.1) is 0 Å². The zero-order valence-corrected chi connectivity index (χ0v) is 12.6. The smallest absolute Gasteiger partial charge is 0.128 e. The van der Waals surface area contributed by atoms with Gasteiger partial charge in [0, 0.05) is 11.0 Å². The van der Waals surface area contributed by atoms with Crippen LogP contribution >= 0.6 is 11.8 Å². The molecule has 1 heterocycles. The average molecular weight is 273 g/mol. The van der Waals surface area contributed by atoms with Gasteiger partial charge in [-0.2, -0.15) is 0 Å². The van der Waals surface area contributed by atoms with Crippen molar-refractivity contribution in [2.45, 2.75) is 43.0 Å². The van der Waals surface area contributed by atoms with E-state index < -0.39 is 0 Å². The number of hydrogen-bond donors (Lipinski definition) is 1. The minimum Gasteiger partial charge on any atom is -0.384 e. The predicted octanol–water partition coefficient (Wildman–Crippen LogP) is 3.82. The molecular weight excluding hydrogens is 254 g/mol. The van der Waals surface area contributed by atoms with Gasteiger partial charge in [0.15, 0.2) is 0 Å². The summed E-state index contributed by atoms with van der Waals surface area (Å²) < 4.78 is 0. The molecule has 3 nitrogen and oxygen atoms in total. The van der Waals surface area contributed by atoms with E-state index >= 15 is 0 Å². The quantitative estimate of drug-likeness (QED) is 0.845. The van der Waals surface area contributed by atoms with Gasteiger partial charge < -0.3 is 5.73 Å². The molecule has 0 unspecified atom stereocenters. The first kappa shape index (κ1) is 13.9. The largest absolute Gasteiger partial charge is 0.384 e. The highest BCUT2D eigenvalue weighted by molar-refractivity contribution is 7.99. The fourth-order valence-corrected chi connectivity index (χ4v) is 2.63. The van der Waals surface area contributed by atoms with Gasteiger partial charge in [0.05, 0.1) is 0 Å². The second-order valence-corrected chi connectivity index (χ2v) is 6.65. The third-order valence-corrected chi connectivity index (χ3v) is 3.70. The molecule has 0 saturated carbocycles. The summed E-state index contributed by atoms with van der Waals surface area (Å²) in [5.74, 6) is 1.22. The number of nitrogens with two attached hydrogens (primary N) is 1. The Morgan fingerprint density at radius 2 is 1.68 bits per heavy atom. The molecule has 4 heteroatoms. The fraction of sp³-hybridized carbons (Fsp3) is 0.333. The van der Waals surface area contributed by atoms with Gasteiger partial charge in [0.1, 0.15) is 16.7 Å². The number of aromatic nitrogens is 2. The van der Waals surface area contributed by atoms with Gasteiger partial charge in [0.2, 0.25) is 0 Å². The number of anilines is 1. The van der Waals surface area contributed by atoms with Crippen LogP contribution in [0.25, 0.3) is 0 Å². The van der Waals surface area contributed by atoms with E-state index in [4.69, 9.17) is 5.73 Å². The van der Waals surface area contributed by atoms with Crippen LogP contribution in [0.1, 0.15) is 32.2 Å². The second-order valence-electron chi connectivity index (χ2n) is 5.55. The van der Waals surface area contributed by atoms with Crippen LogP contribution in [0.4, 0.5) is 5.82 Å². The third-order valence-electron chi connectivity index (χ3n) is 2.78. The molecule has 0 spiro atoms. The summed E-state index contributed by atoms with van der Waals surface area (Å²) in [6.45, 7) is 8.49. The van der Waals surface area contributed by atoms with Crippen molar-refractivity contribution in [2.24, 2.45) is 0 Å². The highest BCUT2D eigenvalue weighted by atomic mass is 32.2. The predicted molar refractivity (Wildman–Crippen MR) is 80.4 cm³/mol. The zero-order valence-electron chi connectivity index (χ0n) is 11.8. The third kappa shape index (κ3) is 3.70. The Morgan fingerprint density at radius 3 is 2.21 bits per heavy atom. The number of rotatable bonds is 2. The van der Waals surface area contributed by atoms with Crippen LogP contribution in [0, 0.1) is 6.92 Å². The summed E-state index contributed by atoms with van der Waals surface area (Å²) in [6.07, 6.45) is 0. The van der Waals surface area contributed by atoms with E-state index in [9.17, 15) is 0 Å².